The number of likely N-dealkylation sites (tertiary alicyclic amines) is 1. The highest BCUT2D eigenvalue weighted by Gasteiger charge is 2.38. The van der Waals surface area contributed by atoms with Crippen molar-refractivity contribution in [3.63, 3.8) is 0 Å². The summed E-state index contributed by atoms with van der Waals surface area (Å²) in [6, 6.07) is 7.36. The van der Waals surface area contributed by atoms with Gasteiger partial charge in [-0.1, -0.05) is 18.2 Å². The number of H-pyrrole nitrogens is 1. The number of carboxylic acid groups (broad SMARTS) is 1. The molecule has 0 radical (unpaired) electrons. The Bertz CT molecular complexity index is 694. The molecule has 0 saturated carbocycles. The lowest BCUT2D eigenvalue weighted by Gasteiger charge is -2.23. The Morgan fingerprint density at radius 1 is 1.43 bits per heavy atom. The van der Waals surface area contributed by atoms with E-state index in [9.17, 15) is 9.59 Å². The number of hydrogen-bond acceptors (Lipinski definition) is 3. The Balaban J connectivity index is 1.76. The SMILES string of the molecule is CC1C(C(=O)O)CCN1C(=O)Cc1[nH]nc2ccccc12. The molecule has 0 spiro atoms. The topological polar surface area (TPSA) is 86.3 Å². The molecule has 0 aliphatic carbocycles. The molecule has 1 aliphatic rings. The van der Waals surface area contributed by atoms with Crippen molar-refractivity contribution in [3.8, 4) is 0 Å². The van der Waals surface area contributed by atoms with E-state index in [0.717, 1.165) is 16.6 Å². The molecule has 2 heterocycles. The molecule has 1 aromatic heterocycles. The van der Waals surface area contributed by atoms with Gasteiger partial charge in [0.2, 0.25) is 5.91 Å². The lowest BCUT2D eigenvalue weighted by atomic mass is 10.0. The highest BCUT2D eigenvalue weighted by atomic mass is 16.4. The number of aliphatic carboxylic acids is 1. The zero-order valence-electron chi connectivity index (χ0n) is 11.7. The molecule has 1 amide bonds. The summed E-state index contributed by atoms with van der Waals surface area (Å²) in [6.45, 7) is 2.30. The van der Waals surface area contributed by atoms with Crippen LogP contribution in [0.4, 0.5) is 0 Å². The summed E-state index contributed by atoms with van der Waals surface area (Å²) in [5, 5.41) is 17.1. The van der Waals surface area contributed by atoms with Gasteiger partial charge < -0.3 is 10.0 Å². The third kappa shape index (κ3) is 2.37. The van der Waals surface area contributed by atoms with Gasteiger partial charge in [-0.2, -0.15) is 5.10 Å². The first-order valence-corrected chi connectivity index (χ1v) is 7.02. The van der Waals surface area contributed by atoms with Crippen molar-refractivity contribution < 1.29 is 14.7 Å². The minimum absolute atomic E-state index is 0.0550. The number of rotatable bonds is 3. The minimum atomic E-state index is -0.829. The quantitative estimate of drug-likeness (QED) is 0.894. The van der Waals surface area contributed by atoms with Gasteiger partial charge in [-0.05, 0) is 19.4 Å². The van der Waals surface area contributed by atoms with Crippen LogP contribution in [0.15, 0.2) is 24.3 Å². The summed E-state index contributed by atoms with van der Waals surface area (Å²) in [6.07, 6.45) is 0.739. The molecular formula is C15H17N3O3. The number of fused-ring (bicyclic) bond motifs is 1. The fraction of sp³-hybridized carbons (Fsp3) is 0.400. The first kappa shape index (κ1) is 13.6. The van der Waals surface area contributed by atoms with Gasteiger partial charge in [-0.15, -0.1) is 0 Å². The van der Waals surface area contributed by atoms with Crippen LogP contribution in [-0.4, -0.2) is 44.7 Å². The number of carbonyl (C=O) groups excluding carboxylic acids is 1. The van der Waals surface area contributed by atoms with Crippen LogP contribution in [0.2, 0.25) is 0 Å². The smallest absolute Gasteiger partial charge is 0.308 e. The third-order valence-corrected chi connectivity index (χ3v) is 4.26. The molecular weight excluding hydrogens is 270 g/mol. The number of hydrogen-bond donors (Lipinski definition) is 2. The Labute approximate surface area is 121 Å². The second-order valence-electron chi connectivity index (χ2n) is 5.46. The normalized spacial score (nSPS) is 21.9. The molecule has 6 heteroatoms. The minimum Gasteiger partial charge on any atom is -0.481 e. The molecule has 1 aliphatic heterocycles. The number of nitrogens with one attached hydrogen (secondary N) is 1. The van der Waals surface area contributed by atoms with Gasteiger partial charge in [-0.3, -0.25) is 14.7 Å². The van der Waals surface area contributed by atoms with E-state index in [4.69, 9.17) is 5.11 Å². The molecule has 1 aromatic carbocycles. The van der Waals surface area contributed by atoms with Crippen LogP contribution in [0.3, 0.4) is 0 Å². The maximum atomic E-state index is 12.4. The molecule has 2 aromatic rings. The van der Waals surface area contributed by atoms with E-state index in [1.807, 2.05) is 24.3 Å². The number of aromatic nitrogens is 2. The molecule has 2 atom stereocenters. The summed E-state index contributed by atoms with van der Waals surface area (Å²) >= 11 is 0. The van der Waals surface area contributed by atoms with Gasteiger partial charge >= 0.3 is 5.97 Å². The van der Waals surface area contributed by atoms with Gasteiger partial charge in [0.1, 0.15) is 0 Å². The predicted octanol–water partition coefficient (Wildman–Crippen LogP) is 1.43. The predicted molar refractivity (Wildman–Crippen MR) is 76.7 cm³/mol. The Morgan fingerprint density at radius 3 is 2.90 bits per heavy atom. The Morgan fingerprint density at radius 2 is 2.19 bits per heavy atom. The zero-order chi connectivity index (χ0) is 15.0. The van der Waals surface area contributed by atoms with Crippen LogP contribution >= 0.6 is 0 Å². The van der Waals surface area contributed by atoms with E-state index in [-0.39, 0.29) is 18.4 Å². The molecule has 110 valence electrons. The molecule has 1 fully saturated rings. The first-order valence-electron chi connectivity index (χ1n) is 7.02. The maximum Gasteiger partial charge on any atom is 0.308 e. The van der Waals surface area contributed by atoms with Crippen LogP contribution in [0.5, 0.6) is 0 Å². The third-order valence-electron chi connectivity index (χ3n) is 4.26. The number of nitrogens with zero attached hydrogens (tertiary/aromatic N) is 2. The number of carboxylic acids is 1. The van der Waals surface area contributed by atoms with Crippen molar-refractivity contribution in [3.05, 3.63) is 30.0 Å². The van der Waals surface area contributed by atoms with Gasteiger partial charge in [0.15, 0.2) is 0 Å². The van der Waals surface area contributed by atoms with E-state index in [2.05, 4.69) is 10.2 Å². The maximum absolute atomic E-state index is 12.4. The van der Waals surface area contributed by atoms with Crippen LogP contribution in [0.1, 0.15) is 19.0 Å². The van der Waals surface area contributed by atoms with Crippen molar-refractivity contribution in [2.75, 3.05) is 6.54 Å². The van der Waals surface area contributed by atoms with Crippen molar-refractivity contribution in [1.29, 1.82) is 0 Å². The molecule has 3 rings (SSSR count). The highest BCUT2D eigenvalue weighted by molar-refractivity contribution is 5.88. The molecule has 2 unspecified atom stereocenters. The zero-order valence-corrected chi connectivity index (χ0v) is 11.7. The standard InChI is InChI=1S/C15H17N3O3/c1-9-10(15(20)21)6-7-18(9)14(19)8-13-11-4-2-3-5-12(11)16-17-13/h2-5,9-10H,6-8H2,1H3,(H,16,17)(H,20,21). The van der Waals surface area contributed by atoms with Crippen LogP contribution in [0.25, 0.3) is 10.9 Å². The van der Waals surface area contributed by atoms with E-state index in [1.165, 1.54) is 0 Å². The van der Waals surface area contributed by atoms with E-state index < -0.39 is 11.9 Å². The molecule has 0 bridgehead atoms. The fourth-order valence-electron chi connectivity index (χ4n) is 3.02. The Kier molecular flexibility index (Phi) is 3.37. The molecule has 2 N–H and O–H groups in total. The van der Waals surface area contributed by atoms with Gasteiger partial charge in [0.05, 0.1) is 23.5 Å². The first-order chi connectivity index (χ1) is 10.1. The molecule has 6 nitrogen and oxygen atoms in total. The van der Waals surface area contributed by atoms with Crippen molar-refractivity contribution in [2.45, 2.75) is 25.8 Å². The van der Waals surface area contributed by atoms with Crippen LogP contribution in [0, 0.1) is 5.92 Å². The summed E-state index contributed by atoms with van der Waals surface area (Å²) in [5.74, 6) is -1.35. The number of benzene rings is 1. The highest BCUT2D eigenvalue weighted by Crippen LogP contribution is 2.25. The number of carbonyl (C=O) groups is 2. The largest absolute Gasteiger partial charge is 0.481 e. The van der Waals surface area contributed by atoms with E-state index in [0.29, 0.717) is 13.0 Å². The lowest BCUT2D eigenvalue weighted by Crippen LogP contribution is -2.38. The van der Waals surface area contributed by atoms with Gasteiger partial charge in [0.25, 0.3) is 0 Å². The van der Waals surface area contributed by atoms with E-state index in [1.54, 1.807) is 11.8 Å². The number of aromatic amines is 1. The van der Waals surface area contributed by atoms with Gasteiger partial charge in [-0.25, -0.2) is 0 Å². The van der Waals surface area contributed by atoms with Gasteiger partial charge in [0, 0.05) is 18.0 Å². The van der Waals surface area contributed by atoms with Crippen molar-refractivity contribution in [2.24, 2.45) is 5.92 Å². The average Bonchev–Trinajstić information content (AvgIpc) is 3.03. The summed E-state index contributed by atoms with van der Waals surface area (Å²) < 4.78 is 0. The average molecular weight is 287 g/mol. The second kappa shape index (κ2) is 5.20. The summed E-state index contributed by atoms with van der Waals surface area (Å²) in [5.41, 5.74) is 1.61. The summed E-state index contributed by atoms with van der Waals surface area (Å²) in [4.78, 5) is 25.2. The van der Waals surface area contributed by atoms with Crippen LogP contribution in [-0.2, 0) is 16.0 Å². The van der Waals surface area contributed by atoms with Crippen LogP contribution < -0.4 is 0 Å². The summed E-state index contributed by atoms with van der Waals surface area (Å²) in [7, 11) is 0. The molecule has 21 heavy (non-hydrogen) atoms. The number of para-hydroxylation sites is 1. The van der Waals surface area contributed by atoms with E-state index >= 15 is 0 Å². The number of amides is 1. The van der Waals surface area contributed by atoms with Crippen molar-refractivity contribution in [1.82, 2.24) is 15.1 Å². The lowest BCUT2D eigenvalue weighted by molar-refractivity contribution is -0.143. The second-order valence-corrected chi connectivity index (χ2v) is 5.46. The fourth-order valence-corrected chi connectivity index (χ4v) is 3.02. The Hall–Kier alpha value is -2.37. The monoisotopic (exact) mass is 287 g/mol. The molecule has 1 saturated heterocycles. The van der Waals surface area contributed by atoms with Crippen molar-refractivity contribution >= 4 is 22.8 Å².